The second-order valence-electron chi connectivity index (χ2n) is 4.25. The fourth-order valence-electron chi connectivity index (χ4n) is 1.98. The largest absolute Gasteiger partial charge is 0.496 e. The average Bonchev–Trinajstić information content (AvgIpc) is 2.25. The molecule has 1 unspecified atom stereocenters. The van der Waals surface area contributed by atoms with Gasteiger partial charge in [-0.2, -0.15) is 0 Å². The van der Waals surface area contributed by atoms with Gasteiger partial charge in [0.25, 0.3) is 0 Å². The van der Waals surface area contributed by atoms with Crippen LogP contribution in [-0.2, 0) is 0 Å². The molecule has 1 aromatic carbocycles. The number of hydrogen-bond donors (Lipinski definition) is 1. The van der Waals surface area contributed by atoms with Crippen LogP contribution in [0, 0.1) is 5.92 Å². The average molecular weight is 287 g/mol. The fraction of sp³-hybridized carbons (Fsp3) is 0.538. The highest BCUT2D eigenvalue weighted by molar-refractivity contribution is 9.10. The quantitative estimate of drug-likeness (QED) is 0.897. The zero-order valence-electron chi connectivity index (χ0n) is 10.0. The van der Waals surface area contributed by atoms with Gasteiger partial charge in [-0.25, -0.2) is 0 Å². The number of hydrogen-bond acceptors (Lipinski definition) is 2. The van der Waals surface area contributed by atoms with Crippen LogP contribution in [0.15, 0.2) is 22.7 Å². The normalized spacial score (nSPS) is 12.9. The van der Waals surface area contributed by atoms with Crippen molar-refractivity contribution < 1.29 is 9.84 Å². The van der Waals surface area contributed by atoms with Crippen molar-refractivity contribution in [1.29, 1.82) is 0 Å². The Bertz CT molecular complexity index is 337. The van der Waals surface area contributed by atoms with Crippen molar-refractivity contribution in [3.05, 3.63) is 28.2 Å². The first kappa shape index (κ1) is 13.5. The maximum absolute atomic E-state index is 9.13. The summed E-state index contributed by atoms with van der Waals surface area (Å²) >= 11 is 3.48. The topological polar surface area (TPSA) is 29.5 Å². The molecule has 0 radical (unpaired) electrons. The summed E-state index contributed by atoms with van der Waals surface area (Å²) in [5.41, 5.74) is 1.17. The molecule has 1 aromatic rings. The standard InChI is InChI=1S/C13H19BrO2/c1-9(2)11(6-7-15)12-8-10(14)4-5-13(12)16-3/h4-5,8-9,11,15H,6-7H2,1-3H3. The van der Waals surface area contributed by atoms with Crippen LogP contribution in [0.1, 0.15) is 31.7 Å². The molecule has 1 atom stereocenters. The second-order valence-corrected chi connectivity index (χ2v) is 5.16. The van der Waals surface area contributed by atoms with Gasteiger partial charge in [-0.15, -0.1) is 0 Å². The van der Waals surface area contributed by atoms with Gasteiger partial charge < -0.3 is 9.84 Å². The number of aliphatic hydroxyl groups excluding tert-OH is 1. The first-order valence-electron chi connectivity index (χ1n) is 5.54. The minimum Gasteiger partial charge on any atom is -0.496 e. The summed E-state index contributed by atoms with van der Waals surface area (Å²) in [7, 11) is 1.68. The third-order valence-corrected chi connectivity index (χ3v) is 3.33. The molecule has 0 heterocycles. The van der Waals surface area contributed by atoms with E-state index in [0.717, 1.165) is 16.6 Å². The van der Waals surface area contributed by atoms with Crippen LogP contribution in [0.4, 0.5) is 0 Å². The van der Waals surface area contributed by atoms with Crippen LogP contribution in [0.5, 0.6) is 5.75 Å². The van der Waals surface area contributed by atoms with Crippen LogP contribution in [0.3, 0.4) is 0 Å². The molecule has 0 fully saturated rings. The first-order chi connectivity index (χ1) is 7.60. The second kappa shape index (κ2) is 6.26. The van der Waals surface area contributed by atoms with Crippen LogP contribution in [-0.4, -0.2) is 18.8 Å². The van der Waals surface area contributed by atoms with Gasteiger partial charge in [-0.3, -0.25) is 0 Å². The van der Waals surface area contributed by atoms with Gasteiger partial charge in [-0.05, 0) is 42.0 Å². The molecule has 0 bridgehead atoms. The fourth-order valence-corrected chi connectivity index (χ4v) is 2.36. The molecule has 1 rings (SSSR count). The van der Waals surface area contributed by atoms with Crippen molar-refractivity contribution in [2.75, 3.05) is 13.7 Å². The van der Waals surface area contributed by atoms with E-state index in [1.807, 2.05) is 12.1 Å². The van der Waals surface area contributed by atoms with E-state index in [-0.39, 0.29) is 6.61 Å². The Labute approximate surface area is 106 Å². The summed E-state index contributed by atoms with van der Waals surface area (Å²) in [6.07, 6.45) is 0.768. The van der Waals surface area contributed by atoms with Crippen molar-refractivity contribution in [3.8, 4) is 5.75 Å². The van der Waals surface area contributed by atoms with Gasteiger partial charge in [0.1, 0.15) is 5.75 Å². The Hall–Kier alpha value is -0.540. The minimum absolute atomic E-state index is 0.207. The molecular formula is C13H19BrO2. The maximum Gasteiger partial charge on any atom is 0.122 e. The van der Waals surface area contributed by atoms with Crippen molar-refractivity contribution in [2.24, 2.45) is 5.92 Å². The van der Waals surface area contributed by atoms with E-state index in [9.17, 15) is 0 Å². The Morgan fingerprint density at radius 1 is 1.38 bits per heavy atom. The van der Waals surface area contributed by atoms with Crippen LogP contribution < -0.4 is 4.74 Å². The minimum atomic E-state index is 0.207. The van der Waals surface area contributed by atoms with Crippen LogP contribution in [0.25, 0.3) is 0 Å². The van der Waals surface area contributed by atoms with Crippen LogP contribution >= 0.6 is 15.9 Å². The predicted octanol–water partition coefficient (Wildman–Crippen LogP) is 3.58. The summed E-state index contributed by atoms with van der Waals surface area (Å²) in [5, 5.41) is 9.13. The van der Waals surface area contributed by atoms with Gasteiger partial charge in [0.05, 0.1) is 7.11 Å². The van der Waals surface area contributed by atoms with E-state index < -0.39 is 0 Å². The molecule has 0 saturated heterocycles. The van der Waals surface area contributed by atoms with E-state index in [4.69, 9.17) is 9.84 Å². The molecule has 0 aliphatic heterocycles. The lowest BCUT2D eigenvalue weighted by Crippen LogP contribution is -2.10. The lowest BCUT2D eigenvalue weighted by molar-refractivity contribution is 0.259. The maximum atomic E-state index is 9.13. The number of halogens is 1. The van der Waals surface area contributed by atoms with Crippen molar-refractivity contribution in [1.82, 2.24) is 0 Å². The Balaban J connectivity index is 3.10. The molecule has 0 spiro atoms. The summed E-state index contributed by atoms with van der Waals surface area (Å²) in [5.74, 6) is 1.71. The van der Waals surface area contributed by atoms with Gasteiger partial charge >= 0.3 is 0 Å². The third-order valence-electron chi connectivity index (χ3n) is 2.84. The van der Waals surface area contributed by atoms with E-state index >= 15 is 0 Å². The molecule has 1 N–H and O–H groups in total. The monoisotopic (exact) mass is 286 g/mol. The highest BCUT2D eigenvalue weighted by atomic mass is 79.9. The number of rotatable bonds is 5. The van der Waals surface area contributed by atoms with Gasteiger partial charge in [0.2, 0.25) is 0 Å². The lowest BCUT2D eigenvalue weighted by Gasteiger charge is -2.22. The number of ether oxygens (including phenoxy) is 1. The summed E-state index contributed by atoms with van der Waals surface area (Å²) in [6.45, 7) is 4.54. The molecule has 0 aliphatic carbocycles. The molecule has 0 saturated carbocycles. The summed E-state index contributed by atoms with van der Waals surface area (Å²) < 4.78 is 6.42. The molecule has 16 heavy (non-hydrogen) atoms. The Morgan fingerprint density at radius 3 is 2.56 bits per heavy atom. The molecule has 90 valence electrons. The zero-order valence-corrected chi connectivity index (χ0v) is 11.6. The van der Waals surface area contributed by atoms with E-state index in [0.29, 0.717) is 11.8 Å². The first-order valence-corrected chi connectivity index (χ1v) is 6.33. The van der Waals surface area contributed by atoms with Gasteiger partial charge in [0.15, 0.2) is 0 Å². The molecule has 0 aromatic heterocycles. The predicted molar refractivity (Wildman–Crippen MR) is 70.0 cm³/mol. The number of aliphatic hydroxyl groups is 1. The third kappa shape index (κ3) is 3.22. The Kier molecular flexibility index (Phi) is 5.29. The molecule has 0 aliphatic rings. The highest BCUT2D eigenvalue weighted by Crippen LogP contribution is 2.35. The smallest absolute Gasteiger partial charge is 0.122 e. The molecule has 2 nitrogen and oxygen atoms in total. The van der Waals surface area contributed by atoms with Gasteiger partial charge in [0, 0.05) is 11.1 Å². The number of methoxy groups -OCH3 is 1. The van der Waals surface area contributed by atoms with Crippen LogP contribution in [0.2, 0.25) is 0 Å². The van der Waals surface area contributed by atoms with E-state index in [2.05, 4.69) is 35.8 Å². The van der Waals surface area contributed by atoms with E-state index in [1.165, 1.54) is 5.56 Å². The SMILES string of the molecule is COc1ccc(Br)cc1C(CCO)C(C)C. The summed E-state index contributed by atoms with van der Waals surface area (Å²) in [4.78, 5) is 0. The molecular weight excluding hydrogens is 268 g/mol. The van der Waals surface area contributed by atoms with Crippen molar-refractivity contribution >= 4 is 15.9 Å². The summed E-state index contributed by atoms with van der Waals surface area (Å²) in [6, 6.07) is 6.02. The van der Waals surface area contributed by atoms with Gasteiger partial charge in [-0.1, -0.05) is 29.8 Å². The molecule has 3 heteroatoms. The van der Waals surface area contributed by atoms with Crippen molar-refractivity contribution in [3.63, 3.8) is 0 Å². The van der Waals surface area contributed by atoms with Crippen molar-refractivity contribution in [2.45, 2.75) is 26.2 Å². The molecule has 0 amide bonds. The number of benzene rings is 1. The zero-order chi connectivity index (χ0) is 12.1. The lowest BCUT2D eigenvalue weighted by atomic mass is 9.85. The highest BCUT2D eigenvalue weighted by Gasteiger charge is 2.19. The van der Waals surface area contributed by atoms with E-state index in [1.54, 1.807) is 7.11 Å². The Morgan fingerprint density at radius 2 is 2.06 bits per heavy atom.